The van der Waals surface area contributed by atoms with Crippen LogP contribution in [0.25, 0.3) is 0 Å². The normalized spacial score (nSPS) is 30.7. The molecule has 0 saturated heterocycles. The van der Waals surface area contributed by atoms with Gasteiger partial charge in [0.05, 0.1) is 0 Å². The van der Waals surface area contributed by atoms with Gasteiger partial charge in [0.2, 0.25) is 0 Å². The fourth-order valence-corrected chi connectivity index (χ4v) is 3.61. The number of amidine groups is 1. The second kappa shape index (κ2) is 4.79. The van der Waals surface area contributed by atoms with Crippen molar-refractivity contribution in [2.45, 2.75) is 44.2 Å². The number of hydrogen-bond donors (Lipinski definition) is 4. The third-order valence-corrected chi connectivity index (χ3v) is 4.47. The van der Waals surface area contributed by atoms with Crippen molar-refractivity contribution in [3.05, 3.63) is 0 Å². The number of oxime groups is 1. The highest BCUT2D eigenvalue weighted by Gasteiger charge is 2.35. The Morgan fingerprint density at radius 3 is 2.53 bits per heavy atom. The van der Waals surface area contributed by atoms with Gasteiger partial charge >= 0.3 is 0 Å². The average molecular weight is 262 g/mol. The van der Waals surface area contributed by atoms with Gasteiger partial charge in [0.15, 0.2) is 0 Å². The second-order valence-electron chi connectivity index (χ2n) is 4.68. The fraction of sp³-hybridized carbons (Fsp3) is 0.889. The Bertz CT molecular complexity index is 404. The number of rotatable bonds is 5. The van der Waals surface area contributed by atoms with Crippen molar-refractivity contribution < 1.29 is 13.6 Å². The van der Waals surface area contributed by atoms with Crippen LogP contribution in [0.3, 0.4) is 0 Å². The minimum Gasteiger partial charge on any atom is -0.409 e. The Morgan fingerprint density at radius 2 is 1.94 bits per heavy atom. The predicted octanol–water partition coefficient (Wildman–Crippen LogP) is -0.512. The summed E-state index contributed by atoms with van der Waals surface area (Å²) in [6.07, 6.45) is 4.13. The number of nitrogens with one attached hydrogen (secondary N) is 2. The maximum Gasteiger partial charge on any atom is 0.277 e. The maximum atomic E-state index is 11.7. The van der Waals surface area contributed by atoms with E-state index < -0.39 is 10.2 Å². The molecular formula is C9H18N4O3S. The van der Waals surface area contributed by atoms with Crippen LogP contribution in [0.1, 0.15) is 32.1 Å². The largest absolute Gasteiger partial charge is 0.409 e. The van der Waals surface area contributed by atoms with Gasteiger partial charge < -0.3 is 10.9 Å². The zero-order chi connectivity index (χ0) is 12.5. The van der Waals surface area contributed by atoms with E-state index in [0.717, 1.165) is 25.7 Å². The number of nitrogens with two attached hydrogens (primary N) is 1. The lowest BCUT2D eigenvalue weighted by Gasteiger charge is -2.19. The molecule has 0 bridgehead atoms. The van der Waals surface area contributed by atoms with Crippen LogP contribution in [-0.2, 0) is 10.2 Å². The molecular weight excluding hydrogens is 244 g/mol. The molecule has 0 amide bonds. The average Bonchev–Trinajstić information content (AvgIpc) is 2.93. The first-order chi connectivity index (χ1) is 8.02. The first kappa shape index (κ1) is 12.6. The maximum absolute atomic E-state index is 11.7. The summed E-state index contributed by atoms with van der Waals surface area (Å²) in [5.74, 6) is -0.114. The second-order valence-corrected chi connectivity index (χ2v) is 6.16. The van der Waals surface area contributed by atoms with E-state index in [1.54, 1.807) is 0 Å². The molecule has 2 aliphatic carbocycles. The minimum atomic E-state index is -3.47. The van der Waals surface area contributed by atoms with Gasteiger partial charge in [-0.1, -0.05) is 11.6 Å². The van der Waals surface area contributed by atoms with Gasteiger partial charge in [-0.3, -0.25) is 0 Å². The first-order valence-corrected chi connectivity index (χ1v) is 7.27. The topological polar surface area (TPSA) is 117 Å². The van der Waals surface area contributed by atoms with Crippen LogP contribution in [0.5, 0.6) is 0 Å². The van der Waals surface area contributed by atoms with Crippen LogP contribution in [0.2, 0.25) is 0 Å². The molecule has 2 aliphatic rings. The smallest absolute Gasteiger partial charge is 0.277 e. The molecule has 98 valence electrons. The third kappa shape index (κ3) is 3.30. The van der Waals surface area contributed by atoms with Crippen LogP contribution in [0, 0.1) is 5.92 Å². The van der Waals surface area contributed by atoms with Gasteiger partial charge in [0, 0.05) is 18.0 Å². The van der Waals surface area contributed by atoms with Gasteiger partial charge in [-0.25, -0.2) is 0 Å². The van der Waals surface area contributed by atoms with E-state index in [9.17, 15) is 8.42 Å². The van der Waals surface area contributed by atoms with Gasteiger partial charge in [0.25, 0.3) is 10.2 Å². The zero-order valence-electron chi connectivity index (χ0n) is 9.46. The lowest BCUT2D eigenvalue weighted by molar-refractivity contribution is 0.312. The van der Waals surface area contributed by atoms with Crippen LogP contribution < -0.4 is 15.2 Å². The van der Waals surface area contributed by atoms with Crippen molar-refractivity contribution in [3.8, 4) is 0 Å². The molecule has 0 radical (unpaired) electrons. The molecule has 0 spiro atoms. The summed E-state index contributed by atoms with van der Waals surface area (Å²) in [7, 11) is -3.47. The standard InChI is InChI=1S/C9H18N4O3S/c10-9(11-14)7-2-1-3-8(7)13-17(15,16)12-6-4-5-6/h6-8,12-14H,1-5H2,(H2,10,11). The Kier molecular flexibility index (Phi) is 3.55. The molecule has 2 saturated carbocycles. The third-order valence-electron chi connectivity index (χ3n) is 3.22. The SMILES string of the molecule is NC(=NO)C1CCCC1NS(=O)(=O)NC1CC1. The number of hydrogen-bond acceptors (Lipinski definition) is 4. The van der Waals surface area contributed by atoms with E-state index in [1.807, 2.05) is 0 Å². The quantitative estimate of drug-likeness (QED) is 0.231. The molecule has 0 heterocycles. The fourth-order valence-electron chi connectivity index (χ4n) is 2.18. The molecule has 2 atom stereocenters. The van der Waals surface area contributed by atoms with Gasteiger partial charge in [-0.15, -0.1) is 0 Å². The monoisotopic (exact) mass is 262 g/mol. The van der Waals surface area contributed by atoms with E-state index in [-0.39, 0.29) is 23.8 Å². The van der Waals surface area contributed by atoms with Gasteiger partial charge in [-0.2, -0.15) is 17.9 Å². The summed E-state index contributed by atoms with van der Waals surface area (Å²) in [6, 6.07) is -0.196. The lowest BCUT2D eigenvalue weighted by atomic mass is 10.0. The van der Waals surface area contributed by atoms with Gasteiger partial charge in [0.1, 0.15) is 5.84 Å². The molecule has 7 nitrogen and oxygen atoms in total. The lowest BCUT2D eigenvalue weighted by Crippen LogP contribution is -2.47. The van der Waals surface area contributed by atoms with E-state index in [4.69, 9.17) is 10.9 Å². The summed E-state index contributed by atoms with van der Waals surface area (Å²) < 4.78 is 28.6. The molecule has 5 N–H and O–H groups in total. The summed E-state index contributed by atoms with van der Waals surface area (Å²) in [4.78, 5) is 0. The molecule has 0 aromatic carbocycles. The van der Waals surface area contributed by atoms with E-state index >= 15 is 0 Å². The van der Waals surface area contributed by atoms with Crippen LogP contribution >= 0.6 is 0 Å². The van der Waals surface area contributed by atoms with E-state index in [2.05, 4.69) is 14.6 Å². The zero-order valence-corrected chi connectivity index (χ0v) is 10.3. The Morgan fingerprint density at radius 1 is 1.24 bits per heavy atom. The first-order valence-electron chi connectivity index (χ1n) is 5.79. The van der Waals surface area contributed by atoms with Crippen molar-refractivity contribution in [1.29, 1.82) is 0 Å². The Labute approximate surface area is 101 Å². The van der Waals surface area contributed by atoms with Crippen LogP contribution in [-0.4, -0.2) is 31.5 Å². The summed E-state index contributed by atoms with van der Waals surface area (Å²) in [6.45, 7) is 0. The molecule has 8 heteroatoms. The van der Waals surface area contributed by atoms with Crippen molar-refractivity contribution in [3.63, 3.8) is 0 Å². The summed E-state index contributed by atoms with van der Waals surface area (Å²) >= 11 is 0. The van der Waals surface area contributed by atoms with Crippen LogP contribution in [0.4, 0.5) is 0 Å². The van der Waals surface area contributed by atoms with Crippen LogP contribution in [0.15, 0.2) is 5.16 Å². The molecule has 17 heavy (non-hydrogen) atoms. The minimum absolute atomic E-state index is 0.0798. The molecule has 0 aromatic rings. The van der Waals surface area contributed by atoms with Crippen molar-refractivity contribution in [2.75, 3.05) is 0 Å². The van der Waals surface area contributed by atoms with Crippen molar-refractivity contribution in [1.82, 2.24) is 9.44 Å². The molecule has 2 fully saturated rings. The molecule has 2 unspecified atom stereocenters. The predicted molar refractivity (Wildman–Crippen MR) is 62.8 cm³/mol. The van der Waals surface area contributed by atoms with E-state index in [1.165, 1.54) is 0 Å². The Balaban J connectivity index is 1.97. The summed E-state index contributed by atoms with van der Waals surface area (Å²) in [5.41, 5.74) is 5.55. The Hall–Kier alpha value is -0.860. The number of nitrogens with zero attached hydrogens (tertiary/aromatic N) is 1. The van der Waals surface area contributed by atoms with Crippen molar-refractivity contribution >= 4 is 16.0 Å². The molecule has 0 aromatic heterocycles. The molecule has 2 rings (SSSR count). The summed E-state index contributed by atoms with van der Waals surface area (Å²) in [5, 5.41) is 11.6. The van der Waals surface area contributed by atoms with Gasteiger partial charge in [-0.05, 0) is 25.7 Å². The highest BCUT2D eigenvalue weighted by molar-refractivity contribution is 7.87. The van der Waals surface area contributed by atoms with Crippen molar-refractivity contribution in [2.24, 2.45) is 16.8 Å². The molecule has 0 aliphatic heterocycles. The highest BCUT2D eigenvalue weighted by Crippen LogP contribution is 2.27. The van der Waals surface area contributed by atoms with E-state index in [0.29, 0.717) is 6.42 Å². The highest BCUT2D eigenvalue weighted by atomic mass is 32.2.